The maximum absolute atomic E-state index is 12.7. The second kappa shape index (κ2) is 8.81. The lowest BCUT2D eigenvalue weighted by molar-refractivity contribution is -0.131. The number of carboxylic acid groups (broad SMARTS) is 1. The fourth-order valence-corrected chi connectivity index (χ4v) is 2.57. The number of ketones is 1. The Morgan fingerprint density at radius 2 is 1.54 bits per heavy atom. The lowest BCUT2D eigenvalue weighted by Crippen LogP contribution is -2.11. The van der Waals surface area contributed by atoms with E-state index in [9.17, 15) is 9.59 Å². The Hall–Kier alpha value is -3.14. The first-order valence-electron chi connectivity index (χ1n) is 8.38. The standard InChI is InChI=1S/C22H23NO3/c1-16(22(26)18-9-12-20(13-10-18)23(2)3)15-19(11-14-21(24)25)17-7-5-4-6-8-17/h4-16H,1-3H3,(H,24,25)/b14-11+,19-15-/t16-/m1/s1. The Bertz CT molecular complexity index is 818. The number of Topliss-reactive ketones (excluding diaryl/α,β-unsaturated/α-hetero) is 1. The van der Waals surface area contributed by atoms with Crippen LogP contribution in [-0.2, 0) is 4.79 Å². The SMILES string of the molecule is C[C@H](/C=C(/C=C/C(=O)O)c1ccccc1)C(=O)c1ccc(N(C)C)cc1. The Morgan fingerprint density at radius 3 is 2.08 bits per heavy atom. The third kappa shape index (κ3) is 5.18. The zero-order valence-electron chi connectivity index (χ0n) is 15.2. The minimum atomic E-state index is -1.02. The molecule has 0 aromatic heterocycles. The Morgan fingerprint density at radius 1 is 0.923 bits per heavy atom. The molecule has 4 nitrogen and oxygen atoms in total. The summed E-state index contributed by atoms with van der Waals surface area (Å²) in [7, 11) is 3.90. The van der Waals surface area contributed by atoms with Gasteiger partial charge in [0.15, 0.2) is 5.78 Å². The van der Waals surface area contributed by atoms with Crippen LogP contribution in [0, 0.1) is 5.92 Å². The van der Waals surface area contributed by atoms with Crippen molar-refractivity contribution >= 4 is 23.0 Å². The summed E-state index contributed by atoms with van der Waals surface area (Å²) in [5, 5.41) is 8.92. The number of nitrogens with zero attached hydrogens (tertiary/aromatic N) is 1. The zero-order valence-corrected chi connectivity index (χ0v) is 15.2. The summed E-state index contributed by atoms with van der Waals surface area (Å²) in [5.41, 5.74) is 3.24. The molecule has 0 amide bonds. The summed E-state index contributed by atoms with van der Waals surface area (Å²) in [6, 6.07) is 16.9. The van der Waals surface area contributed by atoms with Crippen LogP contribution in [0.1, 0.15) is 22.8 Å². The first-order valence-corrected chi connectivity index (χ1v) is 8.38. The third-order valence-electron chi connectivity index (χ3n) is 4.02. The van der Waals surface area contributed by atoms with Gasteiger partial charge in [0, 0.05) is 37.3 Å². The molecule has 0 aliphatic carbocycles. The fraction of sp³-hybridized carbons (Fsp3) is 0.182. The molecule has 0 radical (unpaired) electrons. The highest BCUT2D eigenvalue weighted by molar-refractivity contribution is 6.00. The van der Waals surface area contributed by atoms with Crippen molar-refractivity contribution in [2.75, 3.05) is 19.0 Å². The fourth-order valence-electron chi connectivity index (χ4n) is 2.57. The Balaban J connectivity index is 2.29. The first-order chi connectivity index (χ1) is 12.4. The molecule has 0 saturated carbocycles. The number of allylic oxidation sites excluding steroid dienone is 3. The number of rotatable bonds is 7. The monoisotopic (exact) mass is 349 g/mol. The van der Waals surface area contributed by atoms with E-state index in [1.54, 1.807) is 6.08 Å². The van der Waals surface area contributed by atoms with Crippen molar-refractivity contribution in [3.05, 3.63) is 84.0 Å². The van der Waals surface area contributed by atoms with Crippen LogP contribution in [0.15, 0.2) is 72.8 Å². The number of carbonyl (C=O) groups is 2. The predicted octanol–water partition coefficient (Wildman–Crippen LogP) is 4.30. The van der Waals surface area contributed by atoms with E-state index >= 15 is 0 Å². The molecular weight excluding hydrogens is 326 g/mol. The third-order valence-corrected chi connectivity index (χ3v) is 4.02. The number of benzene rings is 2. The van der Waals surface area contributed by atoms with E-state index in [2.05, 4.69) is 0 Å². The highest BCUT2D eigenvalue weighted by atomic mass is 16.4. The number of aliphatic carboxylic acids is 1. The van der Waals surface area contributed by atoms with Gasteiger partial charge in [-0.15, -0.1) is 0 Å². The molecule has 4 heteroatoms. The van der Waals surface area contributed by atoms with Crippen molar-refractivity contribution < 1.29 is 14.7 Å². The van der Waals surface area contributed by atoms with E-state index in [1.165, 1.54) is 6.08 Å². The maximum atomic E-state index is 12.7. The average Bonchev–Trinajstić information content (AvgIpc) is 2.65. The first kappa shape index (κ1) is 19.2. The van der Waals surface area contributed by atoms with Gasteiger partial charge in [-0.1, -0.05) is 43.3 Å². The van der Waals surface area contributed by atoms with Crippen LogP contribution in [-0.4, -0.2) is 31.0 Å². The normalized spacial score (nSPS) is 12.8. The van der Waals surface area contributed by atoms with Gasteiger partial charge in [-0.25, -0.2) is 4.79 Å². The average molecular weight is 349 g/mol. The summed E-state index contributed by atoms with van der Waals surface area (Å²) in [6.45, 7) is 1.82. The molecule has 0 bridgehead atoms. The molecule has 2 aromatic rings. The van der Waals surface area contributed by atoms with Crippen molar-refractivity contribution in [1.29, 1.82) is 0 Å². The summed E-state index contributed by atoms with van der Waals surface area (Å²) in [4.78, 5) is 25.6. The Kier molecular flexibility index (Phi) is 6.50. The predicted molar refractivity (Wildman–Crippen MR) is 105 cm³/mol. The minimum Gasteiger partial charge on any atom is -0.478 e. The van der Waals surface area contributed by atoms with Gasteiger partial charge in [0.1, 0.15) is 0 Å². The molecular formula is C22H23NO3. The van der Waals surface area contributed by atoms with Crippen molar-refractivity contribution in [2.45, 2.75) is 6.92 Å². The number of hydrogen-bond acceptors (Lipinski definition) is 3. The van der Waals surface area contributed by atoms with E-state index in [0.717, 1.165) is 17.3 Å². The van der Waals surface area contributed by atoms with E-state index in [4.69, 9.17) is 5.11 Å². The summed E-state index contributed by atoms with van der Waals surface area (Å²) in [5.74, 6) is -1.41. The quantitative estimate of drug-likeness (QED) is 0.460. The van der Waals surface area contributed by atoms with Gasteiger partial charge < -0.3 is 10.0 Å². The minimum absolute atomic E-state index is 0.00698. The molecule has 0 unspecified atom stereocenters. The number of hydrogen-bond donors (Lipinski definition) is 1. The molecule has 26 heavy (non-hydrogen) atoms. The highest BCUT2D eigenvalue weighted by Gasteiger charge is 2.14. The van der Waals surface area contributed by atoms with Crippen LogP contribution in [0.4, 0.5) is 5.69 Å². The smallest absolute Gasteiger partial charge is 0.328 e. The second-order valence-electron chi connectivity index (χ2n) is 6.25. The van der Waals surface area contributed by atoms with Gasteiger partial charge in [0.05, 0.1) is 0 Å². The van der Waals surface area contributed by atoms with Crippen LogP contribution >= 0.6 is 0 Å². The van der Waals surface area contributed by atoms with Crippen LogP contribution < -0.4 is 4.90 Å². The Labute approximate surface area is 154 Å². The van der Waals surface area contributed by atoms with E-state index in [1.807, 2.05) is 80.5 Å². The molecule has 0 aliphatic rings. The van der Waals surface area contributed by atoms with Gasteiger partial charge in [-0.3, -0.25) is 4.79 Å². The maximum Gasteiger partial charge on any atom is 0.328 e. The van der Waals surface area contributed by atoms with Crippen LogP contribution in [0.5, 0.6) is 0 Å². The molecule has 2 rings (SSSR count). The molecule has 0 heterocycles. The second-order valence-corrected chi connectivity index (χ2v) is 6.25. The van der Waals surface area contributed by atoms with E-state index in [-0.39, 0.29) is 11.7 Å². The lowest BCUT2D eigenvalue weighted by Gasteiger charge is -2.13. The topological polar surface area (TPSA) is 57.6 Å². The molecule has 1 atom stereocenters. The van der Waals surface area contributed by atoms with Crippen LogP contribution in [0.25, 0.3) is 5.57 Å². The molecule has 2 aromatic carbocycles. The van der Waals surface area contributed by atoms with Gasteiger partial charge in [-0.05, 0) is 41.5 Å². The highest BCUT2D eigenvalue weighted by Crippen LogP contribution is 2.21. The molecule has 134 valence electrons. The summed E-state index contributed by atoms with van der Waals surface area (Å²) in [6.07, 6.45) is 4.41. The summed E-state index contributed by atoms with van der Waals surface area (Å²) < 4.78 is 0. The number of anilines is 1. The van der Waals surface area contributed by atoms with Gasteiger partial charge in [0.2, 0.25) is 0 Å². The molecule has 0 spiro atoms. The molecule has 0 fully saturated rings. The van der Waals surface area contributed by atoms with Crippen molar-refractivity contribution in [3.8, 4) is 0 Å². The van der Waals surface area contributed by atoms with Crippen molar-refractivity contribution in [3.63, 3.8) is 0 Å². The zero-order chi connectivity index (χ0) is 19.1. The molecule has 1 N–H and O–H groups in total. The van der Waals surface area contributed by atoms with Gasteiger partial charge in [-0.2, -0.15) is 0 Å². The lowest BCUT2D eigenvalue weighted by atomic mass is 9.94. The largest absolute Gasteiger partial charge is 0.478 e. The van der Waals surface area contributed by atoms with Gasteiger partial charge >= 0.3 is 5.97 Å². The van der Waals surface area contributed by atoms with E-state index in [0.29, 0.717) is 11.1 Å². The van der Waals surface area contributed by atoms with Gasteiger partial charge in [0.25, 0.3) is 0 Å². The van der Waals surface area contributed by atoms with Crippen molar-refractivity contribution in [1.82, 2.24) is 0 Å². The molecule has 0 saturated heterocycles. The van der Waals surface area contributed by atoms with Crippen molar-refractivity contribution in [2.24, 2.45) is 5.92 Å². The van der Waals surface area contributed by atoms with E-state index < -0.39 is 5.97 Å². The molecule has 0 aliphatic heterocycles. The van der Waals surface area contributed by atoms with Crippen LogP contribution in [0.3, 0.4) is 0 Å². The van der Waals surface area contributed by atoms with Crippen LogP contribution in [0.2, 0.25) is 0 Å². The number of carboxylic acids is 1. The number of carbonyl (C=O) groups excluding carboxylic acids is 1. The summed E-state index contributed by atoms with van der Waals surface area (Å²) >= 11 is 0.